The number of nitrogens with zero attached hydrogens (tertiary/aromatic N) is 1. The Morgan fingerprint density at radius 2 is 2.10 bits per heavy atom. The Morgan fingerprint density at radius 3 is 2.79 bits per heavy atom. The van der Waals surface area contributed by atoms with Gasteiger partial charge in [0.05, 0.1) is 29.8 Å². The Bertz CT molecular complexity index is 1380. The van der Waals surface area contributed by atoms with E-state index >= 15 is 0 Å². The zero-order chi connectivity index (χ0) is 20.7. The summed E-state index contributed by atoms with van der Waals surface area (Å²) in [6, 6.07) is 13.7. The zero-order valence-electron chi connectivity index (χ0n) is 15.2. The number of carbonyl (C=O) groups is 1. The standard InChI is InChI=1S/C21H14ClN3O4/c1-28-12-4-2-3-10(7-12)18-16(14(9-23)20(24)26)17-19(25-18)13-8-11(22)5-6-15(13)29-21(17)27/h2-8,14,25H,1H3,(H2,24,26). The maximum Gasteiger partial charge on any atom is 0.346 e. The molecule has 4 rings (SSSR count). The number of methoxy groups -OCH3 is 1. The molecule has 7 nitrogen and oxygen atoms in total. The van der Waals surface area contributed by atoms with Crippen molar-refractivity contribution in [1.29, 1.82) is 5.26 Å². The van der Waals surface area contributed by atoms with Crippen molar-refractivity contribution in [2.45, 2.75) is 5.92 Å². The Kier molecular flexibility index (Phi) is 4.49. The number of aromatic nitrogens is 1. The Balaban J connectivity index is 2.19. The monoisotopic (exact) mass is 407 g/mol. The van der Waals surface area contributed by atoms with Crippen LogP contribution in [0, 0.1) is 11.3 Å². The summed E-state index contributed by atoms with van der Waals surface area (Å²) in [6.07, 6.45) is 0. The van der Waals surface area contributed by atoms with E-state index in [1.54, 1.807) is 42.5 Å². The molecule has 0 fully saturated rings. The second kappa shape index (κ2) is 7.00. The molecule has 0 saturated carbocycles. The van der Waals surface area contributed by atoms with Gasteiger partial charge in [0, 0.05) is 21.5 Å². The van der Waals surface area contributed by atoms with Crippen LogP contribution in [0.25, 0.3) is 33.1 Å². The molecule has 3 N–H and O–H groups in total. The van der Waals surface area contributed by atoms with Crippen LogP contribution in [0.5, 0.6) is 5.75 Å². The third kappa shape index (κ3) is 3.00. The van der Waals surface area contributed by atoms with Crippen LogP contribution in [-0.4, -0.2) is 18.0 Å². The molecule has 0 aliphatic heterocycles. The van der Waals surface area contributed by atoms with Crippen LogP contribution < -0.4 is 16.1 Å². The summed E-state index contributed by atoms with van der Waals surface area (Å²) in [4.78, 5) is 28.0. The molecular formula is C21H14ClN3O4. The van der Waals surface area contributed by atoms with Crippen LogP contribution in [-0.2, 0) is 4.79 Å². The summed E-state index contributed by atoms with van der Waals surface area (Å²) in [7, 11) is 1.52. The van der Waals surface area contributed by atoms with Crippen molar-refractivity contribution in [3.63, 3.8) is 0 Å². The Labute approximate surface area is 169 Å². The lowest BCUT2D eigenvalue weighted by Crippen LogP contribution is -2.21. The minimum atomic E-state index is -1.36. The molecule has 0 aliphatic carbocycles. The van der Waals surface area contributed by atoms with Gasteiger partial charge in [-0.05, 0) is 30.3 Å². The van der Waals surface area contributed by atoms with Crippen LogP contribution in [0.15, 0.2) is 51.7 Å². The van der Waals surface area contributed by atoms with Gasteiger partial charge in [0.2, 0.25) is 5.91 Å². The van der Waals surface area contributed by atoms with E-state index in [0.717, 1.165) is 0 Å². The summed E-state index contributed by atoms with van der Waals surface area (Å²) in [5.74, 6) is -1.66. The fraction of sp³-hybridized carbons (Fsp3) is 0.0952. The molecule has 0 aliphatic rings. The lowest BCUT2D eigenvalue weighted by atomic mass is 9.94. The molecule has 1 atom stereocenters. The van der Waals surface area contributed by atoms with Gasteiger partial charge in [-0.2, -0.15) is 5.26 Å². The Hall–Kier alpha value is -3.76. The van der Waals surface area contributed by atoms with E-state index in [4.69, 9.17) is 26.5 Å². The average Bonchev–Trinajstić information content (AvgIpc) is 3.10. The van der Waals surface area contributed by atoms with Crippen LogP contribution >= 0.6 is 11.6 Å². The number of ether oxygens (including phenoxy) is 1. The lowest BCUT2D eigenvalue weighted by Gasteiger charge is -2.09. The number of H-pyrrole nitrogens is 1. The maximum absolute atomic E-state index is 12.8. The van der Waals surface area contributed by atoms with E-state index in [9.17, 15) is 14.9 Å². The molecule has 2 aromatic carbocycles. The smallest absolute Gasteiger partial charge is 0.346 e. The minimum Gasteiger partial charge on any atom is -0.497 e. The fourth-order valence-electron chi connectivity index (χ4n) is 3.43. The van der Waals surface area contributed by atoms with Gasteiger partial charge in [0.25, 0.3) is 0 Å². The predicted molar refractivity (Wildman–Crippen MR) is 109 cm³/mol. The third-order valence-electron chi connectivity index (χ3n) is 4.72. The first kappa shape index (κ1) is 18.6. The largest absolute Gasteiger partial charge is 0.497 e. The van der Waals surface area contributed by atoms with Gasteiger partial charge in [-0.1, -0.05) is 23.7 Å². The highest BCUT2D eigenvalue weighted by Crippen LogP contribution is 2.38. The molecule has 29 heavy (non-hydrogen) atoms. The van der Waals surface area contributed by atoms with Gasteiger partial charge in [-0.25, -0.2) is 4.79 Å². The van der Waals surface area contributed by atoms with E-state index < -0.39 is 17.5 Å². The number of nitrogens with one attached hydrogen (secondary N) is 1. The minimum absolute atomic E-state index is 0.0861. The number of rotatable bonds is 4. The van der Waals surface area contributed by atoms with Crippen LogP contribution in [0.4, 0.5) is 0 Å². The predicted octanol–water partition coefficient (Wildman–Crippen LogP) is 3.70. The van der Waals surface area contributed by atoms with Crippen molar-refractivity contribution in [2.75, 3.05) is 7.11 Å². The highest BCUT2D eigenvalue weighted by Gasteiger charge is 2.29. The number of hydrogen-bond donors (Lipinski definition) is 2. The topological polar surface area (TPSA) is 122 Å². The molecule has 0 radical (unpaired) electrons. The third-order valence-corrected chi connectivity index (χ3v) is 4.95. The number of benzene rings is 2. The first-order valence-corrected chi connectivity index (χ1v) is 8.93. The second-order valence-electron chi connectivity index (χ2n) is 6.39. The highest BCUT2D eigenvalue weighted by atomic mass is 35.5. The highest BCUT2D eigenvalue weighted by molar-refractivity contribution is 6.31. The van der Waals surface area contributed by atoms with Gasteiger partial charge in [0.15, 0.2) is 5.92 Å². The van der Waals surface area contributed by atoms with Crippen molar-refractivity contribution >= 4 is 39.4 Å². The average molecular weight is 408 g/mol. The van der Waals surface area contributed by atoms with Crippen LogP contribution in [0.3, 0.4) is 0 Å². The molecule has 4 aromatic rings. The van der Waals surface area contributed by atoms with E-state index in [1.165, 1.54) is 7.11 Å². The molecule has 8 heteroatoms. The fourth-order valence-corrected chi connectivity index (χ4v) is 3.60. The van der Waals surface area contributed by atoms with Crippen molar-refractivity contribution in [2.24, 2.45) is 5.73 Å². The molecule has 2 heterocycles. The number of fused-ring (bicyclic) bond motifs is 3. The lowest BCUT2D eigenvalue weighted by molar-refractivity contribution is -0.118. The number of nitrogens with two attached hydrogens (primary N) is 1. The van der Waals surface area contributed by atoms with Crippen LogP contribution in [0.1, 0.15) is 11.5 Å². The van der Waals surface area contributed by atoms with Crippen molar-refractivity contribution < 1.29 is 13.9 Å². The van der Waals surface area contributed by atoms with E-state index in [2.05, 4.69) is 4.98 Å². The molecule has 2 aromatic heterocycles. The summed E-state index contributed by atoms with van der Waals surface area (Å²) in [6.45, 7) is 0. The zero-order valence-corrected chi connectivity index (χ0v) is 15.9. The molecule has 0 spiro atoms. The molecule has 1 amide bonds. The van der Waals surface area contributed by atoms with Gasteiger partial charge >= 0.3 is 5.63 Å². The van der Waals surface area contributed by atoms with E-state index in [-0.39, 0.29) is 10.9 Å². The molecular weight excluding hydrogens is 394 g/mol. The number of amides is 1. The van der Waals surface area contributed by atoms with E-state index in [1.807, 2.05) is 6.07 Å². The van der Waals surface area contributed by atoms with Gasteiger partial charge < -0.3 is 19.9 Å². The molecule has 1 unspecified atom stereocenters. The number of nitriles is 1. The summed E-state index contributed by atoms with van der Waals surface area (Å²) in [5.41, 5.74) is 6.71. The first-order chi connectivity index (χ1) is 13.9. The molecule has 0 saturated heterocycles. The number of halogens is 1. The SMILES string of the molecule is COc1cccc(-c2[nH]c3c(c2C(C#N)C(N)=O)c(=O)oc2ccc(Cl)cc23)c1. The van der Waals surface area contributed by atoms with E-state index in [0.29, 0.717) is 38.5 Å². The van der Waals surface area contributed by atoms with Gasteiger partial charge in [-0.15, -0.1) is 0 Å². The number of aromatic amines is 1. The van der Waals surface area contributed by atoms with Gasteiger partial charge in [0.1, 0.15) is 11.3 Å². The maximum atomic E-state index is 12.8. The summed E-state index contributed by atoms with van der Waals surface area (Å²) in [5, 5.41) is 10.7. The second-order valence-corrected chi connectivity index (χ2v) is 6.83. The normalized spacial score (nSPS) is 12.0. The van der Waals surface area contributed by atoms with Crippen molar-refractivity contribution in [3.8, 4) is 23.1 Å². The number of primary amides is 1. The van der Waals surface area contributed by atoms with Gasteiger partial charge in [-0.3, -0.25) is 4.79 Å². The van der Waals surface area contributed by atoms with Crippen molar-refractivity contribution in [1.82, 2.24) is 4.98 Å². The quantitative estimate of drug-likeness (QED) is 0.499. The number of hydrogen-bond acceptors (Lipinski definition) is 5. The van der Waals surface area contributed by atoms with Crippen molar-refractivity contribution in [3.05, 3.63) is 63.5 Å². The first-order valence-electron chi connectivity index (χ1n) is 8.56. The number of carbonyl (C=O) groups excluding carboxylic acids is 1. The Morgan fingerprint density at radius 1 is 1.31 bits per heavy atom. The van der Waals surface area contributed by atoms with Crippen LogP contribution in [0.2, 0.25) is 5.02 Å². The molecule has 0 bridgehead atoms. The summed E-state index contributed by atoms with van der Waals surface area (Å²) < 4.78 is 10.7. The molecule has 144 valence electrons. The summed E-state index contributed by atoms with van der Waals surface area (Å²) >= 11 is 6.13.